The molecule has 0 atom stereocenters. The van der Waals surface area contributed by atoms with Gasteiger partial charge < -0.3 is 0 Å². The summed E-state index contributed by atoms with van der Waals surface area (Å²) in [6, 6.07) is 8.96. The van der Waals surface area contributed by atoms with E-state index in [1.165, 1.54) is 11.1 Å². The molecule has 0 amide bonds. The van der Waals surface area contributed by atoms with Gasteiger partial charge in [0.05, 0.1) is 0 Å². The van der Waals surface area contributed by atoms with Crippen LogP contribution in [-0.2, 0) is 11.8 Å². The molecular weight excluding hydrogens is 260 g/mol. The van der Waals surface area contributed by atoms with Crippen LogP contribution in [-0.4, -0.2) is 5.33 Å². The Kier molecular flexibility index (Phi) is 5.27. The molecule has 0 aliphatic carbocycles. The molecule has 0 radical (unpaired) electrons. The minimum atomic E-state index is 0.254. The Bertz CT molecular complexity index is 327. The van der Waals surface area contributed by atoms with Crippen molar-refractivity contribution in [1.82, 2.24) is 0 Å². The Hall–Kier alpha value is -0.560. The van der Waals surface area contributed by atoms with Crippen LogP contribution >= 0.6 is 15.9 Å². The van der Waals surface area contributed by atoms with Crippen LogP contribution in [0.4, 0.5) is 0 Å². The maximum absolute atomic E-state index is 3.42. The number of allylic oxidation sites excluding steroid dienone is 2. The fraction of sp³-hybridized carbons (Fsp3) is 0.467. The molecule has 0 aromatic heterocycles. The van der Waals surface area contributed by atoms with Crippen molar-refractivity contribution in [3.05, 3.63) is 47.5 Å². The van der Waals surface area contributed by atoms with Gasteiger partial charge in [0.25, 0.3) is 0 Å². The van der Waals surface area contributed by atoms with E-state index < -0.39 is 0 Å². The Balaban J connectivity index is 2.58. The fourth-order valence-corrected chi connectivity index (χ4v) is 1.81. The van der Waals surface area contributed by atoms with E-state index in [0.29, 0.717) is 0 Å². The van der Waals surface area contributed by atoms with Gasteiger partial charge in [-0.3, -0.25) is 0 Å². The van der Waals surface area contributed by atoms with Crippen molar-refractivity contribution < 1.29 is 0 Å². The molecule has 0 N–H and O–H groups in total. The molecular formula is C15H21Br. The zero-order valence-corrected chi connectivity index (χ0v) is 12.0. The minimum Gasteiger partial charge on any atom is -0.0925 e. The van der Waals surface area contributed by atoms with Crippen LogP contribution in [0.2, 0.25) is 0 Å². The number of benzene rings is 1. The summed E-state index contributed by atoms with van der Waals surface area (Å²) >= 11 is 3.42. The third-order valence-corrected chi connectivity index (χ3v) is 3.07. The van der Waals surface area contributed by atoms with Crippen LogP contribution in [0.3, 0.4) is 0 Å². The normalized spacial score (nSPS) is 12.2. The zero-order chi connectivity index (χ0) is 12.0. The molecule has 0 aliphatic rings. The predicted molar refractivity (Wildman–Crippen MR) is 76.4 cm³/mol. The van der Waals surface area contributed by atoms with E-state index in [1.807, 2.05) is 0 Å². The molecule has 1 heteroatoms. The first-order valence-corrected chi connectivity index (χ1v) is 6.96. The zero-order valence-electron chi connectivity index (χ0n) is 10.5. The fourth-order valence-electron chi connectivity index (χ4n) is 1.54. The quantitative estimate of drug-likeness (QED) is 0.545. The standard InChI is InChI=1S/C15H21Br/c1-15(2,3)14-10-8-13(9-11-14)7-5-4-6-12-16/h4-5,8-11H,6-7,12H2,1-3H3. The first kappa shape index (κ1) is 13.5. The van der Waals surface area contributed by atoms with Crippen molar-refractivity contribution in [1.29, 1.82) is 0 Å². The van der Waals surface area contributed by atoms with Crippen molar-refractivity contribution in [3.8, 4) is 0 Å². The van der Waals surface area contributed by atoms with Crippen molar-refractivity contribution in [2.45, 2.75) is 39.0 Å². The van der Waals surface area contributed by atoms with Gasteiger partial charge in [-0.1, -0.05) is 73.1 Å². The molecule has 0 aliphatic heterocycles. The molecule has 0 spiro atoms. The summed E-state index contributed by atoms with van der Waals surface area (Å²) in [7, 11) is 0. The molecule has 1 aromatic rings. The van der Waals surface area contributed by atoms with E-state index >= 15 is 0 Å². The summed E-state index contributed by atoms with van der Waals surface area (Å²) in [6.45, 7) is 6.74. The average molecular weight is 281 g/mol. The summed E-state index contributed by atoms with van der Waals surface area (Å²) in [5, 5.41) is 1.05. The van der Waals surface area contributed by atoms with Gasteiger partial charge in [0.15, 0.2) is 0 Å². The van der Waals surface area contributed by atoms with Crippen LogP contribution in [0.15, 0.2) is 36.4 Å². The van der Waals surface area contributed by atoms with Gasteiger partial charge in [-0.2, -0.15) is 0 Å². The Morgan fingerprint density at radius 3 is 2.19 bits per heavy atom. The van der Waals surface area contributed by atoms with Gasteiger partial charge in [0.1, 0.15) is 0 Å². The van der Waals surface area contributed by atoms with E-state index in [4.69, 9.17) is 0 Å². The minimum absolute atomic E-state index is 0.254. The molecule has 0 unspecified atom stereocenters. The van der Waals surface area contributed by atoms with E-state index in [-0.39, 0.29) is 5.41 Å². The molecule has 0 saturated heterocycles. The topological polar surface area (TPSA) is 0 Å². The summed E-state index contributed by atoms with van der Waals surface area (Å²) < 4.78 is 0. The van der Waals surface area contributed by atoms with E-state index in [1.54, 1.807) is 0 Å². The van der Waals surface area contributed by atoms with Crippen LogP contribution < -0.4 is 0 Å². The Labute approximate surface area is 108 Å². The molecule has 1 aromatic carbocycles. The third kappa shape index (κ3) is 4.52. The first-order valence-electron chi connectivity index (χ1n) is 5.84. The van der Waals surface area contributed by atoms with Gasteiger partial charge in [-0.25, -0.2) is 0 Å². The van der Waals surface area contributed by atoms with E-state index in [0.717, 1.165) is 18.2 Å². The highest BCUT2D eigenvalue weighted by Gasteiger charge is 2.12. The lowest BCUT2D eigenvalue weighted by molar-refractivity contribution is 0.590. The lowest BCUT2D eigenvalue weighted by atomic mass is 9.86. The second kappa shape index (κ2) is 6.24. The number of halogens is 1. The molecule has 0 nitrogen and oxygen atoms in total. The van der Waals surface area contributed by atoms with Crippen molar-refractivity contribution in [2.24, 2.45) is 0 Å². The largest absolute Gasteiger partial charge is 0.0925 e. The average Bonchev–Trinajstić information content (AvgIpc) is 2.24. The van der Waals surface area contributed by atoms with Crippen molar-refractivity contribution in [2.75, 3.05) is 5.33 Å². The molecule has 0 bridgehead atoms. The summed E-state index contributed by atoms with van der Waals surface area (Å²) in [5.41, 5.74) is 3.05. The summed E-state index contributed by atoms with van der Waals surface area (Å²) in [6.07, 6.45) is 6.62. The monoisotopic (exact) mass is 280 g/mol. The summed E-state index contributed by atoms with van der Waals surface area (Å²) in [4.78, 5) is 0. The van der Waals surface area contributed by atoms with E-state index in [2.05, 4.69) is 73.1 Å². The molecule has 88 valence electrons. The second-order valence-electron chi connectivity index (χ2n) is 5.10. The van der Waals surface area contributed by atoms with Crippen LogP contribution in [0.1, 0.15) is 38.3 Å². The smallest absolute Gasteiger partial charge is 0.00659 e. The molecule has 1 rings (SSSR count). The molecule has 0 saturated carbocycles. The number of hydrogen-bond donors (Lipinski definition) is 0. The van der Waals surface area contributed by atoms with Crippen LogP contribution in [0.5, 0.6) is 0 Å². The number of rotatable bonds is 4. The first-order chi connectivity index (χ1) is 7.54. The van der Waals surface area contributed by atoms with Crippen molar-refractivity contribution in [3.63, 3.8) is 0 Å². The second-order valence-corrected chi connectivity index (χ2v) is 5.89. The maximum Gasteiger partial charge on any atom is 0.00659 e. The van der Waals surface area contributed by atoms with Crippen molar-refractivity contribution >= 4 is 15.9 Å². The maximum atomic E-state index is 3.42. The van der Waals surface area contributed by atoms with Gasteiger partial charge in [-0.15, -0.1) is 0 Å². The molecule has 0 fully saturated rings. The van der Waals surface area contributed by atoms with Gasteiger partial charge in [0.2, 0.25) is 0 Å². The highest BCUT2D eigenvalue weighted by atomic mass is 79.9. The SMILES string of the molecule is CC(C)(C)c1ccc(CC=CCCBr)cc1. The summed E-state index contributed by atoms with van der Waals surface area (Å²) in [5.74, 6) is 0. The Morgan fingerprint density at radius 1 is 1.06 bits per heavy atom. The van der Waals surface area contributed by atoms with E-state index in [9.17, 15) is 0 Å². The van der Waals surface area contributed by atoms with Gasteiger partial charge in [-0.05, 0) is 29.4 Å². The highest BCUT2D eigenvalue weighted by molar-refractivity contribution is 9.09. The lowest BCUT2D eigenvalue weighted by Gasteiger charge is -2.18. The number of alkyl halides is 1. The Morgan fingerprint density at radius 2 is 1.69 bits per heavy atom. The van der Waals surface area contributed by atoms with Gasteiger partial charge >= 0.3 is 0 Å². The third-order valence-electron chi connectivity index (χ3n) is 2.62. The highest BCUT2D eigenvalue weighted by Crippen LogP contribution is 2.22. The van der Waals surface area contributed by atoms with Crippen LogP contribution in [0, 0.1) is 0 Å². The lowest BCUT2D eigenvalue weighted by Crippen LogP contribution is -2.10. The molecule has 0 heterocycles. The van der Waals surface area contributed by atoms with Gasteiger partial charge in [0, 0.05) is 5.33 Å². The predicted octanol–water partition coefficient (Wildman–Crippen LogP) is 4.87. The number of hydrogen-bond acceptors (Lipinski definition) is 0. The molecule has 16 heavy (non-hydrogen) atoms. The van der Waals surface area contributed by atoms with Crippen LogP contribution in [0.25, 0.3) is 0 Å².